The molecule has 1 atom stereocenters. The molecule has 2 aromatic rings. The van der Waals surface area contributed by atoms with Crippen molar-refractivity contribution in [1.29, 1.82) is 0 Å². The van der Waals surface area contributed by atoms with Crippen molar-refractivity contribution < 1.29 is 29.7 Å². The zero-order valence-electron chi connectivity index (χ0n) is 11.6. The van der Waals surface area contributed by atoms with Crippen LogP contribution >= 0.6 is 7.60 Å². The molecule has 5 N–H and O–H groups in total. The summed E-state index contributed by atoms with van der Waals surface area (Å²) in [6, 6.07) is 10.2. The molecule has 0 aliphatic rings. The summed E-state index contributed by atoms with van der Waals surface area (Å²) in [5.41, 5.74) is 0.708. The van der Waals surface area contributed by atoms with Gasteiger partial charge in [0.1, 0.15) is 11.5 Å². The number of aliphatic hydroxyl groups is 1. The van der Waals surface area contributed by atoms with Gasteiger partial charge in [0.05, 0.1) is 11.4 Å². The molecule has 0 saturated carbocycles. The third kappa shape index (κ3) is 3.87. The highest BCUT2D eigenvalue weighted by Gasteiger charge is 2.27. The van der Waals surface area contributed by atoms with Crippen LogP contribution < -0.4 is 5.30 Å². The van der Waals surface area contributed by atoms with Gasteiger partial charge in [-0.3, -0.25) is 4.57 Å². The van der Waals surface area contributed by atoms with Gasteiger partial charge in [0.25, 0.3) is 0 Å². The zero-order chi connectivity index (χ0) is 16.3. The topological polar surface area (TPSA) is 118 Å². The molecule has 0 radical (unpaired) electrons. The maximum Gasteiger partial charge on any atom is 0.356 e. The molecule has 0 aromatic heterocycles. The van der Waals surface area contributed by atoms with Gasteiger partial charge in [-0.15, -0.1) is 0 Å². The molecule has 0 spiro atoms. The third-order valence-corrected chi connectivity index (χ3v) is 4.37. The normalized spacial score (nSPS) is 13.0. The van der Waals surface area contributed by atoms with Crippen molar-refractivity contribution in [1.82, 2.24) is 0 Å². The predicted octanol–water partition coefficient (Wildman–Crippen LogP) is 1.57. The van der Waals surface area contributed by atoms with Crippen LogP contribution in [0.1, 0.15) is 23.7 Å². The number of rotatable bonds is 5. The van der Waals surface area contributed by atoms with E-state index in [9.17, 15) is 29.7 Å². The van der Waals surface area contributed by atoms with E-state index in [1.807, 2.05) is 0 Å². The Labute approximate surface area is 127 Å². The minimum Gasteiger partial charge on any atom is -0.508 e. The highest BCUT2D eigenvalue weighted by atomic mass is 31.2. The molecule has 2 aromatic carbocycles. The van der Waals surface area contributed by atoms with Crippen molar-refractivity contribution in [2.24, 2.45) is 0 Å². The molecule has 0 heterocycles. The Balaban J connectivity index is 2.21. The van der Waals surface area contributed by atoms with Crippen LogP contribution in [0, 0.1) is 0 Å². The average molecular weight is 324 g/mol. The molecule has 0 amide bonds. The number of aliphatic hydroxyl groups excluding tert-OH is 1. The fourth-order valence-electron chi connectivity index (χ4n) is 2.25. The number of phenolic OH excluding ortho intramolecular Hbond substituents is 2. The van der Waals surface area contributed by atoms with Gasteiger partial charge in [-0.1, -0.05) is 18.2 Å². The van der Waals surface area contributed by atoms with Gasteiger partial charge in [-0.05, 0) is 42.7 Å². The van der Waals surface area contributed by atoms with Crippen molar-refractivity contribution in [3.63, 3.8) is 0 Å². The Hall–Kier alpha value is -1.85. The Morgan fingerprint density at radius 1 is 1.00 bits per heavy atom. The molecule has 1 unspecified atom stereocenters. The van der Waals surface area contributed by atoms with Crippen LogP contribution in [0.2, 0.25) is 0 Å². The minimum absolute atomic E-state index is 0.133. The Kier molecular flexibility index (Phi) is 4.88. The van der Waals surface area contributed by atoms with Crippen LogP contribution in [-0.2, 0) is 11.0 Å². The maximum absolute atomic E-state index is 11.5. The van der Waals surface area contributed by atoms with E-state index >= 15 is 0 Å². The summed E-state index contributed by atoms with van der Waals surface area (Å²) < 4.78 is 11.5. The number of aryl methyl sites for hydroxylation is 1. The van der Waals surface area contributed by atoms with Gasteiger partial charge in [0, 0.05) is 5.56 Å². The first-order valence-electron chi connectivity index (χ1n) is 6.63. The molecule has 7 heteroatoms. The molecule has 0 aliphatic heterocycles. The van der Waals surface area contributed by atoms with Crippen molar-refractivity contribution >= 4 is 12.9 Å². The first-order valence-corrected chi connectivity index (χ1v) is 8.24. The van der Waals surface area contributed by atoms with Crippen molar-refractivity contribution in [2.45, 2.75) is 18.9 Å². The smallest absolute Gasteiger partial charge is 0.356 e. The van der Waals surface area contributed by atoms with E-state index in [4.69, 9.17) is 0 Å². The van der Waals surface area contributed by atoms with E-state index in [-0.39, 0.29) is 28.8 Å². The monoisotopic (exact) mass is 324 g/mol. The molecule has 6 nitrogen and oxygen atoms in total. The second-order valence-corrected chi connectivity index (χ2v) is 6.54. The van der Waals surface area contributed by atoms with E-state index in [1.165, 1.54) is 30.3 Å². The van der Waals surface area contributed by atoms with E-state index < -0.39 is 13.7 Å². The van der Waals surface area contributed by atoms with Gasteiger partial charge in [0.2, 0.25) is 0 Å². The molecule has 0 bridgehead atoms. The summed E-state index contributed by atoms with van der Waals surface area (Å²) in [7, 11) is -4.59. The van der Waals surface area contributed by atoms with E-state index in [1.54, 1.807) is 12.1 Å². The lowest BCUT2D eigenvalue weighted by Gasteiger charge is -2.17. The standard InChI is InChI=1S/C15H17O6P/c16-11-7-4-10(5-8-11)6-9-13(18)15-12(17)2-1-3-14(15)22(19,20)21/h1-5,7-8,13,16-18H,6,9H2,(H2,19,20,21). The lowest BCUT2D eigenvalue weighted by atomic mass is 10.0. The minimum atomic E-state index is -4.59. The lowest BCUT2D eigenvalue weighted by molar-refractivity contribution is 0.165. The van der Waals surface area contributed by atoms with Crippen molar-refractivity contribution in [3.8, 4) is 11.5 Å². The number of benzene rings is 2. The quantitative estimate of drug-likeness (QED) is 0.533. The molecule has 22 heavy (non-hydrogen) atoms. The first-order chi connectivity index (χ1) is 10.3. The first kappa shape index (κ1) is 16.5. The number of hydrogen-bond donors (Lipinski definition) is 5. The third-order valence-electron chi connectivity index (χ3n) is 3.35. The van der Waals surface area contributed by atoms with Crippen LogP contribution in [0.5, 0.6) is 11.5 Å². The molecule has 2 rings (SSSR count). The summed E-state index contributed by atoms with van der Waals surface area (Å²) in [6.07, 6.45) is -0.608. The SMILES string of the molecule is O=P(O)(O)c1cccc(O)c1C(O)CCc1ccc(O)cc1. The van der Waals surface area contributed by atoms with Gasteiger partial charge in [0.15, 0.2) is 0 Å². The fourth-order valence-corrected chi connectivity index (χ4v) is 3.10. The number of aromatic hydroxyl groups is 2. The zero-order valence-corrected chi connectivity index (χ0v) is 12.5. The van der Waals surface area contributed by atoms with E-state index in [0.29, 0.717) is 6.42 Å². The second-order valence-electron chi connectivity index (χ2n) is 4.97. The molecule has 0 saturated heterocycles. The van der Waals surface area contributed by atoms with Gasteiger partial charge >= 0.3 is 7.60 Å². The summed E-state index contributed by atoms with van der Waals surface area (Å²) >= 11 is 0. The van der Waals surface area contributed by atoms with Crippen molar-refractivity contribution in [2.75, 3.05) is 0 Å². The van der Waals surface area contributed by atoms with Gasteiger partial charge in [-0.25, -0.2) is 0 Å². The van der Waals surface area contributed by atoms with E-state index in [2.05, 4.69) is 0 Å². The van der Waals surface area contributed by atoms with Crippen LogP contribution in [-0.4, -0.2) is 25.1 Å². The van der Waals surface area contributed by atoms with Crippen LogP contribution in [0.15, 0.2) is 42.5 Å². The Morgan fingerprint density at radius 2 is 1.64 bits per heavy atom. The number of phenols is 2. The molecular formula is C15H17O6P. The molecule has 0 fully saturated rings. The maximum atomic E-state index is 11.5. The average Bonchev–Trinajstić information content (AvgIpc) is 2.45. The van der Waals surface area contributed by atoms with Gasteiger partial charge in [-0.2, -0.15) is 0 Å². The van der Waals surface area contributed by atoms with Crippen LogP contribution in [0.25, 0.3) is 0 Å². The summed E-state index contributed by atoms with van der Waals surface area (Å²) in [5.74, 6) is -0.215. The van der Waals surface area contributed by atoms with Crippen LogP contribution in [0.3, 0.4) is 0 Å². The highest BCUT2D eigenvalue weighted by Crippen LogP contribution is 2.39. The number of hydrogen-bond acceptors (Lipinski definition) is 4. The Bertz CT molecular complexity index is 692. The fraction of sp³-hybridized carbons (Fsp3) is 0.200. The largest absolute Gasteiger partial charge is 0.508 e. The summed E-state index contributed by atoms with van der Waals surface area (Å²) in [6.45, 7) is 0. The lowest BCUT2D eigenvalue weighted by Crippen LogP contribution is -2.15. The Morgan fingerprint density at radius 3 is 2.23 bits per heavy atom. The van der Waals surface area contributed by atoms with Gasteiger partial charge < -0.3 is 25.1 Å². The van der Waals surface area contributed by atoms with Crippen molar-refractivity contribution in [3.05, 3.63) is 53.6 Å². The molecule has 0 aliphatic carbocycles. The highest BCUT2D eigenvalue weighted by molar-refractivity contribution is 7.60. The van der Waals surface area contributed by atoms with Crippen LogP contribution in [0.4, 0.5) is 0 Å². The summed E-state index contributed by atoms with van der Waals surface area (Å²) in [5, 5.41) is 28.9. The summed E-state index contributed by atoms with van der Waals surface area (Å²) in [4.78, 5) is 18.6. The second kappa shape index (κ2) is 6.50. The van der Waals surface area contributed by atoms with E-state index in [0.717, 1.165) is 5.56 Å². The predicted molar refractivity (Wildman–Crippen MR) is 81.2 cm³/mol. The molecule has 118 valence electrons. The molecular weight excluding hydrogens is 307 g/mol.